The van der Waals surface area contributed by atoms with E-state index in [1.54, 1.807) is 7.05 Å². The van der Waals surface area contributed by atoms with E-state index in [0.29, 0.717) is 29.4 Å². The van der Waals surface area contributed by atoms with Crippen LogP contribution in [-0.2, 0) is 4.74 Å². The normalized spacial score (nSPS) is 41.9. The molecule has 3 N–H and O–H groups in total. The van der Waals surface area contributed by atoms with Gasteiger partial charge in [0.1, 0.15) is 0 Å². The molecule has 4 nitrogen and oxygen atoms in total. The van der Waals surface area contributed by atoms with E-state index in [0.717, 1.165) is 6.61 Å². The Labute approximate surface area is 90.3 Å². The molecule has 2 aliphatic carbocycles. The summed E-state index contributed by atoms with van der Waals surface area (Å²) in [7, 11) is 1.73. The zero-order valence-corrected chi connectivity index (χ0v) is 9.20. The number of guanidine groups is 1. The third-order valence-corrected chi connectivity index (χ3v) is 4.58. The summed E-state index contributed by atoms with van der Waals surface area (Å²) < 4.78 is 5.83. The lowest BCUT2D eigenvalue weighted by molar-refractivity contribution is -0.171. The predicted molar refractivity (Wildman–Crippen MR) is 58.6 cm³/mol. The van der Waals surface area contributed by atoms with Crippen molar-refractivity contribution in [3.8, 4) is 0 Å². The molecule has 0 radical (unpaired) electrons. The fourth-order valence-corrected chi connectivity index (χ4v) is 3.68. The number of rotatable bonds is 1. The monoisotopic (exact) mass is 209 g/mol. The summed E-state index contributed by atoms with van der Waals surface area (Å²) in [6.45, 7) is 0.929. The number of hydrogen-bond donors (Lipinski definition) is 2. The van der Waals surface area contributed by atoms with Gasteiger partial charge in [-0.2, -0.15) is 0 Å². The molecule has 0 bridgehead atoms. The minimum Gasteiger partial charge on any atom is -0.377 e. The van der Waals surface area contributed by atoms with Crippen molar-refractivity contribution in [3.05, 3.63) is 0 Å². The molecule has 15 heavy (non-hydrogen) atoms. The molecular formula is C11H19N3O. The van der Waals surface area contributed by atoms with Gasteiger partial charge in [0, 0.05) is 31.0 Å². The van der Waals surface area contributed by atoms with E-state index in [1.165, 1.54) is 25.7 Å². The molecule has 0 aromatic rings. The smallest absolute Gasteiger partial charge is 0.188 e. The van der Waals surface area contributed by atoms with Crippen LogP contribution < -0.4 is 11.1 Å². The van der Waals surface area contributed by atoms with Crippen LogP contribution in [0.5, 0.6) is 0 Å². The highest BCUT2D eigenvalue weighted by atomic mass is 16.5. The maximum absolute atomic E-state index is 5.83. The minimum absolute atomic E-state index is 0.399. The molecule has 0 amide bonds. The molecule has 3 fully saturated rings. The molecule has 3 unspecified atom stereocenters. The molecular weight excluding hydrogens is 190 g/mol. The van der Waals surface area contributed by atoms with Gasteiger partial charge >= 0.3 is 0 Å². The van der Waals surface area contributed by atoms with Gasteiger partial charge in [-0.1, -0.05) is 6.42 Å². The van der Waals surface area contributed by atoms with Crippen molar-refractivity contribution < 1.29 is 4.74 Å². The highest BCUT2D eigenvalue weighted by Gasteiger charge is 2.66. The van der Waals surface area contributed by atoms with E-state index >= 15 is 0 Å². The Morgan fingerprint density at radius 2 is 2.33 bits per heavy atom. The number of fused-ring (bicyclic) bond motifs is 2. The second-order valence-corrected chi connectivity index (χ2v) is 5.06. The zero-order valence-electron chi connectivity index (χ0n) is 9.20. The summed E-state index contributed by atoms with van der Waals surface area (Å²) in [6.07, 6.45) is 5.62. The first kappa shape index (κ1) is 9.46. The number of nitrogens with zero attached hydrogens (tertiary/aromatic N) is 1. The van der Waals surface area contributed by atoms with E-state index in [-0.39, 0.29) is 0 Å². The molecule has 3 atom stereocenters. The van der Waals surface area contributed by atoms with Gasteiger partial charge < -0.3 is 15.8 Å². The summed E-state index contributed by atoms with van der Waals surface area (Å²) in [5.74, 6) is 1.25. The number of nitrogens with two attached hydrogens (primary N) is 1. The van der Waals surface area contributed by atoms with Crippen molar-refractivity contribution >= 4 is 5.96 Å². The fourth-order valence-electron chi connectivity index (χ4n) is 3.68. The first-order chi connectivity index (χ1) is 7.28. The van der Waals surface area contributed by atoms with Crippen molar-refractivity contribution in [3.63, 3.8) is 0 Å². The average Bonchev–Trinajstić information content (AvgIpc) is 2.57. The largest absolute Gasteiger partial charge is 0.377 e. The van der Waals surface area contributed by atoms with Crippen LogP contribution >= 0.6 is 0 Å². The Morgan fingerprint density at radius 3 is 2.93 bits per heavy atom. The molecule has 1 saturated heterocycles. The maximum atomic E-state index is 5.83. The van der Waals surface area contributed by atoms with E-state index < -0.39 is 0 Å². The van der Waals surface area contributed by atoms with Gasteiger partial charge in [0.15, 0.2) is 5.96 Å². The molecule has 2 saturated carbocycles. The molecule has 0 aromatic carbocycles. The van der Waals surface area contributed by atoms with Crippen LogP contribution in [0.2, 0.25) is 0 Å². The molecule has 1 spiro atoms. The summed E-state index contributed by atoms with van der Waals surface area (Å²) in [5.41, 5.74) is 6.16. The maximum Gasteiger partial charge on any atom is 0.188 e. The van der Waals surface area contributed by atoms with Crippen LogP contribution in [-0.4, -0.2) is 31.8 Å². The summed E-state index contributed by atoms with van der Waals surface area (Å²) >= 11 is 0. The Kier molecular flexibility index (Phi) is 1.96. The summed E-state index contributed by atoms with van der Waals surface area (Å²) in [4.78, 5) is 3.99. The molecule has 3 aliphatic rings. The lowest BCUT2D eigenvalue weighted by Gasteiger charge is -2.63. The molecule has 84 valence electrons. The van der Waals surface area contributed by atoms with Gasteiger partial charge in [0.05, 0.1) is 6.10 Å². The predicted octanol–water partition coefficient (Wildman–Crippen LogP) is 0.478. The van der Waals surface area contributed by atoms with Crippen molar-refractivity contribution in [1.82, 2.24) is 5.32 Å². The Morgan fingerprint density at radius 1 is 1.53 bits per heavy atom. The second kappa shape index (κ2) is 3.11. The first-order valence-electron chi connectivity index (χ1n) is 5.88. The van der Waals surface area contributed by atoms with Crippen molar-refractivity contribution in [1.29, 1.82) is 0 Å². The average molecular weight is 209 g/mol. The van der Waals surface area contributed by atoms with Gasteiger partial charge in [-0.05, 0) is 19.3 Å². The van der Waals surface area contributed by atoms with Crippen molar-refractivity contribution in [2.24, 2.45) is 22.1 Å². The van der Waals surface area contributed by atoms with Crippen LogP contribution in [0.25, 0.3) is 0 Å². The van der Waals surface area contributed by atoms with Gasteiger partial charge in [-0.15, -0.1) is 0 Å². The van der Waals surface area contributed by atoms with Gasteiger partial charge in [0.25, 0.3) is 0 Å². The first-order valence-corrected chi connectivity index (χ1v) is 5.88. The van der Waals surface area contributed by atoms with E-state index in [1.807, 2.05) is 0 Å². The minimum atomic E-state index is 0.399. The molecule has 3 rings (SSSR count). The third kappa shape index (κ3) is 1.08. The third-order valence-electron chi connectivity index (χ3n) is 4.58. The Balaban J connectivity index is 1.76. The summed E-state index contributed by atoms with van der Waals surface area (Å²) in [6, 6.07) is 0.516. The molecule has 1 aliphatic heterocycles. The van der Waals surface area contributed by atoms with Crippen molar-refractivity contribution in [2.45, 2.75) is 37.8 Å². The fraction of sp³-hybridized carbons (Fsp3) is 0.909. The van der Waals surface area contributed by atoms with Crippen LogP contribution in [0.3, 0.4) is 0 Å². The highest BCUT2D eigenvalue weighted by Crippen LogP contribution is 2.62. The van der Waals surface area contributed by atoms with Crippen LogP contribution in [0, 0.1) is 11.3 Å². The molecule has 1 heterocycles. The van der Waals surface area contributed by atoms with E-state index in [9.17, 15) is 0 Å². The number of hydrogen-bond acceptors (Lipinski definition) is 2. The Bertz CT molecular complexity index is 298. The number of ether oxygens (including phenoxy) is 1. The quantitative estimate of drug-likeness (QED) is 0.488. The summed E-state index contributed by atoms with van der Waals surface area (Å²) in [5, 5.41) is 3.38. The van der Waals surface area contributed by atoms with Crippen molar-refractivity contribution in [2.75, 3.05) is 13.7 Å². The number of nitrogens with one attached hydrogen (secondary N) is 1. The standard InChI is InChI=1S/C11H19N3O/c1-13-10(12)14-8-7-3-6-15-9(7)11(8)4-2-5-11/h7-9H,2-6H2,1H3,(H3,12,13,14). The second-order valence-electron chi connectivity index (χ2n) is 5.06. The lowest BCUT2D eigenvalue weighted by atomic mass is 9.46. The van der Waals surface area contributed by atoms with Crippen LogP contribution in [0.4, 0.5) is 0 Å². The molecule has 4 heteroatoms. The van der Waals surface area contributed by atoms with Gasteiger partial charge in [0.2, 0.25) is 0 Å². The Hall–Kier alpha value is -0.770. The SMILES string of the molecule is CN=C(N)NC1C2CCOC2C12CCC2. The molecule has 0 aromatic heterocycles. The van der Waals surface area contributed by atoms with E-state index in [2.05, 4.69) is 10.3 Å². The zero-order chi connectivity index (χ0) is 10.5. The van der Waals surface area contributed by atoms with E-state index in [4.69, 9.17) is 10.5 Å². The number of aliphatic imine (C=N–C) groups is 1. The van der Waals surface area contributed by atoms with Crippen LogP contribution in [0.15, 0.2) is 4.99 Å². The lowest BCUT2D eigenvalue weighted by Crippen LogP contribution is -2.72. The van der Waals surface area contributed by atoms with Crippen LogP contribution in [0.1, 0.15) is 25.7 Å². The topological polar surface area (TPSA) is 59.6 Å². The van der Waals surface area contributed by atoms with Gasteiger partial charge in [-0.3, -0.25) is 4.99 Å². The van der Waals surface area contributed by atoms with Gasteiger partial charge in [-0.25, -0.2) is 0 Å². The highest BCUT2D eigenvalue weighted by molar-refractivity contribution is 5.78.